The lowest BCUT2D eigenvalue weighted by Crippen LogP contribution is -2.26. The van der Waals surface area contributed by atoms with Gasteiger partial charge in [-0.25, -0.2) is 0 Å². The van der Waals surface area contributed by atoms with Crippen molar-refractivity contribution in [2.45, 2.75) is 72.1 Å². The Morgan fingerprint density at radius 3 is 2.41 bits per heavy atom. The second-order valence-corrected chi connectivity index (χ2v) is 9.82. The number of aryl methyl sites for hydroxylation is 1. The van der Waals surface area contributed by atoms with E-state index in [4.69, 9.17) is 0 Å². The van der Waals surface area contributed by atoms with Crippen LogP contribution in [0.2, 0.25) is 0 Å². The summed E-state index contributed by atoms with van der Waals surface area (Å²) in [6.45, 7) is 7.14. The van der Waals surface area contributed by atoms with Crippen LogP contribution < -0.4 is 0 Å². The SMILES string of the molecule is Br.CCCCCC1=C(CCCCC)N(CC(=O)c2sc3ccccc3c2C)CS1. The maximum atomic E-state index is 13.2. The minimum atomic E-state index is 0. The number of ketones is 1. The second-order valence-electron chi connectivity index (χ2n) is 7.73. The first kappa shape index (κ1) is 24.5. The van der Waals surface area contributed by atoms with Gasteiger partial charge in [-0.05, 0) is 49.6 Å². The Morgan fingerprint density at radius 1 is 1.03 bits per heavy atom. The molecule has 0 amide bonds. The number of nitrogens with zero attached hydrogens (tertiary/aromatic N) is 1. The van der Waals surface area contributed by atoms with Crippen LogP contribution in [-0.2, 0) is 0 Å². The first-order valence-electron chi connectivity index (χ1n) is 10.8. The van der Waals surface area contributed by atoms with Gasteiger partial charge in [0.2, 0.25) is 0 Å². The van der Waals surface area contributed by atoms with Crippen LogP contribution in [0, 0.1) is 6.92 Å². The van der Waals surface area contributed by atoms with Crippen molar-refractivity contribution in [3.8, 4) is 0 Å². The molecule has 0 unspecified atom stereocenters. The smallest absolute Gasteiger partial charge is 0.192 e. The van der Waals surface area contributed by atoms with Crippen LogP contribution >= 0.6 is 40.1 Å². The lowest BCUT2D eigenvalue weighted by Gasteiger charge is -2.21. The van der Waals surface area contributed by atoms with Gasteiger partial charge in [0.05, 0.1) is 17.3 Å². The predicted octanol–water partition coefficient (Wildman–Crippen LogP) is 8.35. The molecule has 0 saturated heterocycles. The van der Waals surface area contributed by atoms with Crippen molar-refractivity contribution >= 4 is 55.9 Å². The van der Waals surface area contributed by atoms with Crippen molar-refractivity contribution in [2.75, 3.05) is 12.4 Å². The average molecular weight is 497 g/mol. The third kappa shape index (κ3) is 6.11. The molecule has 29 heavy (non-hydrogen) atoms. The molecular weight excluding hydrogens is 462 g/mol. The molecule has 1 aliphatic rings. The van der Waals surface area contributed by atoms with Gasteiger partial charge in [-0.3, -0.25) is 4.79 Å². The molecule has 0 radical (unpaired) electrons. The highest BCUT2D eigenvalue weighted by atomic mass is 79.9. The minimum absolute atomic E-state index is 0. The van der Waals surface area contributed by atoms with Gasteiger partial charge in [-0.2, -0.15) is 0 Å². The third-order valence-corrected chi connectivity index (χ3v) is 8.10. The number of allylic oxidation sites excluding steroid dienone is 2. The highest BCUT2D eigenvalue weighted by Gasteiger charge is 2.26. The zero-order valence-electron chi connectivity index (χ0n) is 18.0. The largest absolute Gasteiger partial charge is 0.357 e. The number of Topliss-reactive ketones (excluding diaryl/α,β-unsaturated/α-hetero) is 1. The molecule has 0 spiro atoms. The number of benzene rings is 1. The summed E-state index contributed by atoms with van der Waals surface area (Å²) >= 11 is 3.63. The Labute approximate surface area is 194 Å². The molecule has 2 nitrogen and oxygen atoms in total. The second kappa shape index (κ2) is 12.2. The maximum Gasteiger partial charge on any atom is 0.192 e. The van der Waals surface area contributed by atoms with Gasteiger partial charge in [0.15, 0.2) is 5.78 Å². The van der Waals surface area contributed by atoms with Gasteiger partial charge in [0.25, 0.3) is 0 Å². The molecule has 0 fully saturated rings. The van der Waals surface area contributed by atoms with Gasteiger partial charge in [-0.15, -0.1) is 40.1 Å². The summed E-state index contributed by atoms with van der Waals surface area (Å²) in [4.78, 5) is 18.0. The lowest BCUT2D eigenvalue weighted by atomic mass is 10.1. The van der Waals surface area contributed by atoms with E-state index in [1.807, 2.05) is 11.8 Å². The molecular formula is C24H34BrNOS2. The monoisotopic (exact) mass is 495 g/mol. The van der Waals surface area contributed by atoms with Crippen molar-refractivity contribution in [1.82, 2.24) is 4.90 Å². The number of unbranched alkanes of at least 4 members (excludes halogenated alkanes) is 4. The van der Waals surface area contributed by atoms with Crippen LogP contribution in [0.3, 0.4) is 0 Å². The van der Waals surface area contributed by atoms with Crippen molar-refractivity contribution in [3.63, 3.8) is 0 Å². The average Bonchev–Trinajstić information content (AvgIpc) is 3.24. The molecule has 0 bridgehead atoms. The van der Waals surface area contributed by atoms with E-state index in [1.165, 1.54) is 60.7 Å². The van der Waals surface area contributed by atoms with E-state index < -0.39 is 0 Å². The molecule has 5 heteroatoms. The molecule has 0 N–H and O–H groups in total. The topological polar surface area (TPSA) is 20.3 Å². The zero-order valence-corrected chi connectivity index (χ0v) is 21.3. The number of carbonyl (C=O) groups excluding carboxylic acids is 1. The molecule has 1 aromatic heterocycles. The highest BCUT2D eigenvalue weighted by molar-refractivity contribution is 8.93. The number of halogens is 1. The first-order chi connectivity index (χ1) is 13.7. The number of hydrogen-bond acceptors (Lipinski definition) is 4. The van der Waals surface area contributed by atoms with E-state index in [2.05, 4.69) is 49.9 Å². The van der Waals surface area contributed by atoms with Crippen LogP contribution in [0.15, 0.2) is 34.9 Å². The fourth-order valence-corrected chi connectivity index (χ4v) is 6.30. The summed E-state index contributed by atoms with van der Waals surface area (Å²) < 4.78 is 1.22. The molecule has 0 aliphatic carbocycles. The van der Waals surface area contributed by atoms with Crippen molar-refractivity contribution < 1.29 is 4.79 Å². The number of fused-ring (bicyclic) bond motifs is 1. The quantitative estimate of drug-likeness (QED) is 0.230. The van der Waals surface area contributed by atoms with Crippen LogP contribution in [0.4, 0.5) is 0 Å². The Kier molecular flexibility index (Phi) is 10.3. The van der Waals surface area contributed by atoms with E-state index in [0.29, 0.717) is 6.54 Å². The summed E-state index contributed by atoms with van der Waals surface area (Å²) in [5.74, 6) is 1.22. The summed E-state index contributed by atoms with van der Waals surface area (Å²) in [6.07, 6.45) is 9.89. The van der Waals surface area contributed by atoms with Crippen LogP contribution in [0.25, 0.3) is 10.1 Å². The van der Waals surface area contributed by atoms with Crippen LogP contribution in [-0.4, -0.2) is 23.1 Å². The number of thiophene rings is 1. The van der Waals surface area contributed by atoms with Crippen molar-refractivity contribution in [2.24, 2.45) is 0 Å². The van der Waals surface area contributed by atoms with E-state index in [-0.39, 0.29) is 22.8 Å². The molecule has 2 aromatic rings. The Balaban J connectivity index is 0.00000300. The van der Waals surface area contributed by atoms with Crippen LogP contribution in [0.1, 0.15) is 80.4 Å². The molecule has 1 aliphatic heterocycles. The Morgan fingerprint density at radius 2 is 1.72 bits per heavy atom. The summed E-state index contributed by atoms with van der Waals surface area (Å²) in [6, 6.07) is 8.37. The molecule has 160 valence electrons. The summed E-state index contributed by atoms with van der Waals surface area (Å²) in [5, 5.41) is 1.23. The van der Waals surface area contributed by atoms with Crippen LogP contribution in [0.5, 0.6) is 0 Å². The summed E-state index contributed by atoms with van der Waals surface area (Å²) in [7, 11) is 0. The van der Waals surface area contributed by atoms with Crippen molar-refractivity contribution in [3.05, 3.63) is 45.3 Å². The zero-order chi connectivity index (χ0) is 19.9. The minimum Gasteiger partial charge on any atom is -0.357 e. The lowest BCUT2D eigenvalue weighted by molar-refractivity contribution is 0.0960. The standard InChI is InChI=1S/C24H33NOS2.BrH/c1-4-6-8-13-20-23(15-9-7-5-2)27-17-25(20)16-21(26)24-18(3)19-12-10-11-14-22(19)28-24;/h10-12,14H,4-9,13,15-17H2,1-3H3;1H. The number of hydrogen-bond donors (Lipinski definition) is 0. The molecule has 2 heterocycles. The predicted molar refractivity (Wildman–Crippen MR) is 136 cm³/mol. The summed E-state index contributed by atoms with van der Waals surface area (Å²) in [5.41, 5.74) is 2.61. The molecule has 1 aromatic carbocycles. The fraction of sp³-hybridized carbons (Fsp3) is 0.542. The Bertz CT molecular complexity index is 843. The Hall–Kier alpha value is -0.780. The number of thioether (sulfide) groups is 1. The van der Waals surface area contributed by atoms with Gasteiger partial charge in [0.1, 0.15) is 0 Å². The third-order valence-electron chi connectivity index (χ3n) is 5.55. The van der Waals surface area contributed by atoms with Crippen molar-refractivity contribution in [1.29, 1.82) is 0 Å². The number of rotatable bonds is 11. The fourth-order valence-electron chi connectivity index (χ4n) is 3.91. The van der Waals surface area contributed by atoms with Gasteiger partial charge in [0, 0.05) is 15.3 Å². The normalized spacial score (nSPS) is 14.0. The van der Waals surface area contributed by atoms with E-state index in [0.717, 1.165) is 22.7 Å². The van der Waals surface area contributed by atoms with Gasteiger partial charge >= 0.3 is 0 Å². The highest BCUT2D eigenvalue weighted by Crippen LogP contribution is 2.39. The maximum absolute atomic E-state index is 13.2. The molecule has 0 saturated carbocycles. The molecule has 3 rings (SSSR count). The van der Waals surface area contributed by atoms with Gasteiger partial charge in [-0.1, -0.05) is 57.7 Å². The van der Waals surface area contributed by atoms with E-state index >= 15 is 0 Å². The first-order valence-corrected chi connectivity index (χ1v) is 12.6. The van der Waals surface area contributed by atoms with E-state index in [1.54, 1.807) is 16.2 Å². The van der Waals surface area contributed by atoms with Gasteiger partial charge < -0.3 is 4.90 Å². The number of carbonyl (C=O) groups is 1. The van der Waals surface area contributed by atoms with E-state index in [9.17, 15) is 4.79 Å². The molecule has 0 atom stereocenters.